The molecule has 35 heavy (non-hydrogen) atoms. The second kappa shape index (κ2) is 11.5. The highest BCUT2D eigenvalue weighted by molar-refractivity contribution is 7.97. The van der Waals surface area contributed by atoms with Crippen molar-refractivity contribution in [2.24, 2.45) is 10.7 Å². The first kappa shape index (κ1) is 26.5. The summed E-state index contributed by atoms with van der Waals surface area (Å²) in [5, 5.41) is 3.41. The lowest BCUT2D eigenvalue weighted by Crippen LogP contribution is -3.00. The maximum absolute atomic E-state index is 14.1. The number of nitrogens with zero attached hydrogens (tertiary/aromatic N) is 1. The molecule has 6 heteroatoms. The zero-order chi connectivity index (χ0) is 22.7. The van der Waals surface area contributed by atoms with E-state index in [0.717, 1.165) is 21.5 Å². The van der Waals surface area contributed by atoms with Crippen molar-refractivity contribution in [2.45, 2.75) is 18.1 Å². The third-order valence-corrected chi connectivity index (χ3v) is 11.0. The van der Waals surface area contributed by atoms with Gasteiger partial charge in [-0.15, -0.1) is 0 Å². The van der Waals surface area contributed by atoms with Crippen molar-refractivity contribution in [3.8, 4) is 0 Å². The van der Waals surface area contributed by atoms with Crippen molar-refractivity contribution in [1.29, 1.82) is 0 Å². The van der Waals surface area contributed by atoms with Crippen LogP contribution in [0, 0.1) is 0 Å². The van der Waals surface area contributed by atoms with E-state index in [0.29, 0.717) is 12.3 Å². The van der Waals surface area contributed by atoms with Crippen LogP contribution in [0.2, 0.25) is 0 Å². The first-order valence-corrected chi connectivity index (χ1v) is 13.0. The molecule has 0 amide bonds. The lowest BCUT2D eigenvalue weighted by atomic mass is 10.0. The Morgan fingerprint density at radius 3 is 1.43 bits per heavy atom. The molecule has 4 aromatic rings. The number of rotatable bonds is 6. The fourth-order valence-electron chi connectivity index (χ4n) is 4.90. The highest BCUT2D eigenvalue weighted by Gasteiger charge is 2.60. The van der Waals surface area contributed by atoms with Crippen LogP contribution in [0.4, 0.5) is 0 Å². The molecule has 2 atom stereocenters. The number of carbonyl (C=O) groups is 1. The summed E-state index contributed by atoms with van der Waals surface area (Å²) in [6.45, 7) is 0. The monoisotopic (exact) mass is 546 g/mol. The van der Waals surface area contributed by atoms with Crippen LogP contribution in [0.25, 0.3) is 0 Å². The maximum atomic E-state index is 14.1. The highest BCUT2D eigenvalue weighted by Crippen LogP contribution is 2.61. The van der Waals surface area contributed by atoms with Gasteiger partial charge in [0.1, 0.15) is 35.1 Å². The van der Waals surface area contributed by atoms with Gasteiger partial charge in [-0.05, 0) is 42.0 Å². The molecule has 0 bridgehead atoms. The minimum absolute atomic E-state index is 0. The molecule has 1 aliphatic rings. The van der Waals surface area contributed by atoms with Gasteiger partial charge >= 0.3 is 0 Å². The second-order valence-electron chi connectivity index (χ2n) is 8.29. The average Bonchev–Trinajstić information content (AvgIpc) is 3.15. The van der Waals surface area contributed by atoms with Gasteiger partial charge in [0.25, 0.3) is 0 Å². The predicted molar refractivity (Wildman–Crippen MR) is 143 cm³/mol. The summed E-state index contributed by atoms with van der Waals surface area (Å²) < 4.78 is 0. The van der Waals surface area contributed by atoms with Crippen molar-refractivity contribution in [3.05, 3.63) is 127 Å². The molecular formula is C29H28BrN2O2P. The van der Waals surface area contributed by atoms with Crippen LogP contribution in [-0.2, 0) is 11.2 Å². The first-order valence-electron chi connectivity index (χ1n) is 11.2. The normalized spacial score (nSPS) is 17.1. The minimum atomic E-state index is -2.46. The number of aliphatic imine (C=N–C) groups is 1. The number of hydrogen-bond donors (Lipinski definition) is 1. The summed E-state index contributed by atoms with van der Waals surface area (Å²) in [4.78, 5) is 18.9. The Labute approximate surface area is 217 Å². The Morgan fingerprint density at radius 1 is 0.657 bits per heavy atom. The fourth-order valence-corrected chi connectivity index (χ4v) is 9.63. The van der Waals surface area contributed by atoms with E-state index >= 15 is 0 Å². The fraction of sp³-hybridized carbons (Fsp3) is 0.103. The highest BCUT2D eigenvalue weighted by atomic mass is 79.9. The zero-order valence-electron chi connectivity index (χ0n) is 19.2. The average molecular weight is 547 g/mol. The first-order chi connectivity index (χ1) is 16.2. The summed E-state index contributed by atoms with van der Waals surface area (Å²) in [7, 11) is -2.46. The predicted octanol–water partition coefficient (Wildman–Crippen LogP) is 0.0796. The Hall–Kier alpha value is -3.11. The van der Waals surface area contributed by atoms with E-state index in [-0.39, 0.29) is 28.2 Å². The van der Waals surface area contributed by atoms with Gasteiger partial charge in [-0.1, -0.05) is 84.9 Å². The van der Waals surface area contributed by atoms with Crippen LogP contribution in [0.3, 0.4) is 0 Å². The summed E-state index contributed by atoms with van der Waals surface area (Å²) in [6, 6.07) is 40.7. The van der Waals surface area contributed by atoms with Crippen LogP contribution in [0.15, 0.2) is 126 Å². The van der Waals surface area contributed by atoms with Gasteiger partial charge in [0.2, 0.25) is 5.78 Å². The molecule has 0 saturated carbocycles. The topological polar surface area (TPSA) is 86.9 Å². The zero-order valence-corrected chi connectivity index (χ0v) is 21.6. The number of carbonyl (C=O) groups excluding carboxylic acids is 1. The van der Waals surface area contributed by atoms with Gasteiger partial charge in [-0.2, -0.15) is 0 Å². The Morgan fingerprint density at radius 2 is 1.03 bits per heavy atom. The molecule has 0 saturated heterocycles. The summed E-state index contributed by atoms with van der Waals surface area (Å²) in [5.41, 5.74) is 7.27. The maximum Gasteiger partial charge on any atom is 0.206 e. The number of nitrogens with two attached hydrogens (primary N) is 1. The van der Waals surface area contributed by atoms with E-state index in [1.807, 2.05) is 84.9 Å². The van der Waals surface area contributed by atoms with Crippen molar-refractivity contribution in [1.82, 2.24) is 0 Å². The molecule has 178 valence electrons. The Balaban J connectivity index is 0.00000171. The minimum Gasteiger partial charge on any atom is -1.00 e. The molecule has 4 N–H and O–H groups in total. The number of Topliss-reactive ketones (excluding diaryl/α,β-unsaturated/α-hetero) is 1. The molecular weight excluding hydrogens is 519 g/mol. The van der Waals surface area contributed by atoms with E-state index in [2.05, 4.69) is 36.4 Å². The molecule has 0 aromatic heterocycles. The molecule has 2 unspecified atom stereocenters. The largest absolute Gasteiger partial charge is 1.00 e. The molecule has 4 aromatic carbocycles. The number of ketones is 1. The summed E-state index contributed by atoms with van der Waals surface area (Å²) in [6.07, 6.45) is 0.565. The summed E-state index contributed by atoms with van der Waals surface area (Å²) >= 11 is 0. The molecule has 5 rings (SSSR count). The standard InChI is InChI=1S/C29H26N2OP.BrH.H2O/c30-29-28(27(32)26(31-29)21-22-13-5-1-6-14-22)33(23-15-7-2-8-16-23,24-17-9-3-10-18-24)25-19-11-4-12-20-25;;/h1-20,26,28H,21H2,(H2,30,31);1H;1H2/q+1;;/p-1. The van der Waals surface area contributed by atoms with Crippen LogP contribution < -0.4 is 38.6 Å². The van der Waals surface area contributed by atoms with Crippen molar-refractivity contribution < 1.29 is 27.3 Å². The Bertz CT molecular complexity index is 1170. The third kappa shape index (κ3) is 4.85. The van der Waals surface area contributed by atoms with E-state index in [1.54, 1.807) is 0 Å². The van der Waals surface area contributed by atoms with Crippen LogP contribution in [0.5, 0.6) is 0 Å². The molecule has 0 fully saturated rings. The molecule has 1 aliphatic heterocycles. The lowest BCUT2D eigenvalue weighted by Gasteiger charge is -2.32. The van der Waals surface area contributed by atoms with Crippen molar-refractivity contribution >= 4 is 34.8 Å². The van der Waals surface area contributed by atoms with E-state index in [9.17, 15) is 4.79 Å². The molecule has 0 aliphatic carbocycles. The van der Waals surface area contributed by atoms with Crippen molar-refractivity contribution in [3.63, 3.8) is 0 Å². The van der Waals surface area contributed by atoms with Crippen LogP contribution in [-0.4, -0.2) is 28.8 Å². The Kier molecular flexibility index (Phi) is 8.74. The molecule has 4 nitrogen and oxygen atoms in total. The van der Waals surface area contributed by atoms with Gasteiger partial charge in [-0.3, -0.25) is 9.79 Å². The lowest BCUT2D eigenvalue weighted by molar-refractivity contribution is -0.118. The van der Waals surface area contributed by atoms with E-state index < -0.39 is 19.0 Å². The molecule has 0 radical (unpaired) electrons. The van der Waals surface area contributed by atoms with Crippen LogP contribution >= 0.6 is 7.26 Å². The van der Waals surface area contributed by atoms with Gasteiger partial charge in [0, 0.05) is 6.42 Å². The van der Waals surface area contributed by atoms with Crippen LogP contribution in [0.1, 0.15) is 5.56 Å². The number of hydrogen-bond acceptors (Lipinski definition) is 3. The number of halogens is 1. The molecule has 0 spiro atoms. The van der Waals surface area contributed by atoms with Gasteiger partial charge in [0.05, 0.1) is 0 Å². The third-order valence-electron chi connectivity index (χ3n) is 6.33. The number of benzene rings is 4. The second-order valence-corrected chi connectivity index (χ2v) is 11.8. The van der Waals surface area contributed by atoms with E-state index in [4.69, 9.17) is 10.7 Å². The van der Waals surface area contributed by atoms with Gasteiger partial charge in [0.15, 0.2) is 5.66 Å². The number of amidine groups is 1. The summed E-state index contributed by atoms with van der Waals surface area (Å²) in [5.74, 6) is 0.562. The van der Waals surface area contributed by atoms with Crippen molar-refractivity contribution in [2.75, 3.05) is 0 Å². The smallest absolute Gasteiger partial charge is 0.206 e. The quantitative estimate of drug-likeness (QED) is 0.347. The van der Waals surface area contributed by atoms with E-state index in [1.165, 1.54) is 0 Å². The molecule has 1 heterocycles. The van der Waals surface area contributed by atoms with Gasteiger partial charge < -0.3 is 28.2 Å². The SMILES string of the molecule is NC1=NC(Cc2ccccc2)C(=O)C1[P+](c1ccccc1)(c1ccccc1)c1ccccc1.O.[Br-]. The van der Waals surface area contributed by atoms with Gasteiger partial charge in [-0.25, -0.2) is 0 Å².